The molecule has 0 atom stereocenters. The van der Waals surface area contributed by atoms with Crippen molar-refractivity contribution in [2.75, 3.05) is 32.1 Å². The van der Waals surface area contributed by atoms with E-state index >= 15 is 0 Å². The third-order valence-corrected chi connectivity index (χ3v) is 6.35. The Morgan fingerprint density at radius 3 is 2.20 bits per heavy atom. The topological polar surface area (TPSA) is 58.6 Å². The zero-order valence-corrected chi connectivity index (χ0v) is 19.6. The van der Waals surface area contributed by atoms with E-state index in [1.54, 1.807) is 11.9 Å². The van der Waals surface area contributed by atoms with Crippen molar-refractivity contribution >= 4 is 33.4 Å². The van der Waals surface area contributed by atoms with Gasteiger partial charge in [-0.2, -0.15) is 0 Å². The summed E-state index contributed by atoms with van der Waals surface area (Å²) in [7, 11) is 1.70. The summed E-state index contributed by atoms with van der Waals surface area (Å²) >= 11 is 3.46. The van der Waals surface area contributed by atoms with E-state index in [9.17, 15) is 9.59 Å². The van der Waals surface area contributed by atoms with Crippen LogP contribution in [0.25, 0.3) is 0 Å². The van der Waals surface area contributed by atoms with Gasteiger partial charge in [-0.3, -0.25) is 9.59 Å². The maximum atomic E-state index is 13.6. The standard InChI is InChI=1S/C24H29BrN2O3/c1-16-13-17(2)22(18(3)14-16)26-21(28)15-27(4)23(29)24(9-11-30-12-10-24)19-5-7-20(25)8-6-19/h5-8,13-14H,9-12,15H2,1-4H3,(H,26,28). The van der Waals surface area contributed by atoms with E-state index in [0.717, 1.165) is 32.4 Å². The van der Waals surface area contributed by atoms with Crippen LogP contribution in [-0.2, 0) is 19.7 Å². The molecule has 3 rings (SSSR count). The van der Waals surface area contributed by atoms with Crippen LogP contribution in [-0.4, -0.2) is 43.5 Å². The number of nitrogens with zero attached hydrogens (tertiary/aromatic N) is 1. The Morgan fingerprint density at radius 1 is 1.07 bits per heavy atom. The number of likely N-dealkylation sites (N-methyl/N-ethyl adjacent to an activating group) is 1. The number of amides is 2. The number of hydrogen-bond acceptors (Lipinski definition) is 3. The van der Waals surface area contributed by atoms with Gasteiger partial charge in [-0.25, -0.2) is 0 Å². The molecule has 0 unspecified atom stereocenters. The van der Waals surface area contributed by atoms with Crippen molar-refractivity contribution in [3.63, 3.8) is 0 Å². The van der Waals surface area contributed by atoms with Crippen LogP contribution >= 0.6 is 15.9 Å². The van der Waals surface area contributed by atoms with Crippen LogP contribution < -0.4 is 5.32 Å². The molecule has 0 aliphatic carbocycles. The molecule has 2 aromatic carbocycles. The predicted molar refractivity (Wildman–Crippen MR) is 123 cm³/mol. The van der Waals surface area contributed by atoms with E-state index < -0.39 is 5.41 Å². The van der Waals surface area contributed by atoms with Crippen molar-refractivity contribution in [3.8, 4) is 0 Å². The predicted octanol–water partition coefficient (Wildman–Crippen LogP) is 4.52. The highest BCUT2D eigenvalue weighted by Crippen LogP contribution is 2.37. The molecule has 2 amide bonds. The summed E-state index contributed by atoms with van der Waals surface area (Å²) in [5.74, 6) is -0.237. The molecular formula is C24H29BrN2O3. The van der Waals surface area contributed by atoms with Gasteiger partial charge in [-0.1, -0.05) is 45.8 Å². The number of halogens is 1. The number of nitrogens with one attached hydrogen (secondary N) is 1. The third kappa shape index (κ3) is 4.76. The number of rotatable bonds is 5. The molecule has 6 heteroatoms. The minimum absolute atomic E-state index is 0.00469. The Hall–Kier alpha value is -2.18. The second-order valence-electron chi connectivity index (χ2n) is 8.18. The Balaban J connectivity index is 1.77. The highest BCUT2D eigenvalue weighted by molar-refractivity contribution is 9.10. The fourth-order valence-corrected chi connectivity index (χ4v) is 4.59. The van der Waals surface area contributed by atoms with E-state index in [0.29, 0.717) is 26.1 Å². The molecule has 0 spiro atoms. The highest BCUT2D eigenvalue weighted by Gasteiger charge is 2.43. The molecule has 1 fully saturated rings. The van der Waals surface area contributed by atoms with Crippen LogP contribution in [0.3, 0.4) is 0 Å². The fourth-order valence-electron chi connectivity index (χ4n) is 4.32. The first-order chi connectivity index (χ1) is 14.2. The van der Waals surface area contributed by atoms with Crippen molar-refractivity contribution in [1.82, 2.24) is 4.90 Å². The second-order valence-corrected chi connectivity index (χ2v) is 9.10. The molecule has 0 bridgehead atoms. The first-order valence-electron chi connectivity index (χ1n) is 10.2. The number of carbonyl (C=O) groups is 2. The maximum absolute atomic E-state index is 13.6. The lowest BCUT2D eigenvalue weighted by molar-refractivity contribution is -0.142. The van der Waals surface area contributed by atoms with Crippen molar-refractivity contribution in [2.45, 2.75) is 39.0 Å². The number of anilines is 1. The fraction of sp³-hybridized carbons (Fsp3) is 0.417. The van der Waals surface area contributed by atoms with E-state index in [2.05, 4.69) is 21.2 Å². The molecule has 0 aromatic heterocycles. The quantitative estimate of drug-likeness (QED) is 0.695. The van der Waals surface area contributed by atoms with Gasteiger partial charge in [0.2, 0.25) is 11.8 Å². The van der Waals surface area contributed by atoms with Crippen LogP contribution in [0.4, 0.5) is 5.69 Å². The molecule has 1 heterocycles. The summed E-state index contributed by atoms with van der Waals surface area (Å²) in [5.41, 5.74) is 4.32. The zero-order chi connectivity index (χ0) is 21.9. The molecule has 160 valence electrons. The molecule has 1 N–H and O–H groups in total. The van der Waals surface area contributed by atoms with Gasteiger partial charge in [-0.15, -0.1) is 0 Å². The molecule has 1 aliphatic heterocycles. The van der Waals surface area contributed by atoms with E-state index in [1.807, 2.05) is 57.2 Å². The molecule has 2 aromatic rings. The largest absolute Gasteiger partial charge is 0.381 e. The van der Waals surface area contributed by atoms with Gasteiger partial charge in [0.05, 0.1) is 12.0 Å². The Morgan fingerprint density at radius 2 is 1.63 bits per heavy atom. The summed E-state index contributed by atoms with van der Waals surface area (Å²) < 4.78 is 6.51. The summed E-state index contributed by atoms with van der Waals surface area (Å²) in [4.78, 5) is 27.8. The minimum atomic E-state index is -0.663. The number of benzene rings is 2. The normalized spacial score (nSPS) is 15.5. The average Bonchev–Trinajstić information content (AvgIpc) is 2.71. The van der Waals surface area contributed by atoms with Crippen molar-refractivity contribution in [2.24, 2.45) is 0 Å². The lowest BCUT2D eigenvalue weighted by Crippen LogP contribution is -2.50. The smallest absolute Gasteiger partial charge is 0.243 e. The Bertz CT molecular complexity index is 911. The van der Waals surface area contributed by atoms with Crippen LogP contribution in [0, 0.1) is 20.8 Å². The second kappa shape index (κ2) is 9.31. The van der Waals surface area contributed by atoms with Crippen molar-refractivity contribution < 1.29 is 14.3 Å². The maximum Gasteiger partial charge on any atom is 0.243 e. The summed E-state index contributed by atoms with van der Waals surface area (Å²) in [5, 5.41) is 2.99. The monoisotopic (exact) mass is 472 g/mol. The number of ether oxygens (including phenoxy) is 1. The van der Waals surface area contributed by atoms with Gasteiger partial charge in [0.15, 0.2) is 0 Å². The highest BCUT2D eigenvalue weighted by atomic mass is 79.9. The summed E-state index contributed by atoms with van der Waals surface area (Å²) in [6.45, 7) is 7.06. The van der Waals surface area contributed by atoms with E-state index in [4.69, 9.17) is 4.74 Å². The van der Waals surface area contributed by atoms with Crippen LogP contribution in [0.15, 0.2) is 40.9 Å². The zero-order valence-electron chi connectivity index (χ0n) is 18.0. The number of carbonyl (C=O) groups excluding carboxylic acids is 2. The lowest BCUT2D eigenvalue weighted by atomic mass is 9.73. The minimum Gasteiger partial charge on any atom is -0.381 e. The first kappa shape index (κ1) is 22.5. The van der Waals surface area contributed by atoms with Gasteiger partial charge in [0.1, 0.15) is 0 Å². The average molecular weight is 473 g/mol. The number of aryl methyl sites for hydroxylation is 3. The van der Waals surface area contributed by atoms with Gasteiger partial charge in [0.25, 0.3) is 0 Å². The van der Waals surface area contributed by atoms with E-state index in [1.165, 1.54) is 0 Å². The van der Waals surface area contributed by atoms with Crippen molar-refractivity contribution in [1.29, 1.82) is 0 Å². The van der Waals surface area contributed by atoms with Crippen LogP contribution in [0.2, 0.25) is 0 Å². The molecule has 1 aliphatic rings. The SMILES string of the molecule is Cc1cc(C)c(NC(=O)CN(C)C(=O)C2(c3ccc(Br)cc3)CCOCC2)c(C)c1. The third-order valence-electron chi connectivity index (χ3n) is 5.82. The first-order valence-corrected chi connectivity index (χ1v) is 11.0. The molecule has 0 radical (unpaired) electrons. The summed E-state index contributed by atoms with van der Waals surface area (Å²) in [6, 6.07) is 12.0. The van der Waals surface area contributed by atoms with Gasteiger partial charge < -0.3 is 15.0 Å². The molecule has 1 saturated heterocycles. The molecular weight excluding hydrogens is 444 g/mol. The van der Waals surface area contributed by atoms with E-state index in [-0.39, 0.29) is 18.4 Å². The Labute approximate surface area is 186 Å². The van der Waals surface area contributed by atoms with Crippen LogP contribution in [0.5, 0.6) is 0 Å². The summed E-state index contributed by atoms with van der Waals surface area (Å²) in [6.07, 6.45) is 1.21. The van der Waals surface area contributed by atoms with Gasteiger partial charge >= 0.3 is 0 Å². The van der Waals surface area contributed by atoms with Crippen LogP contribution in [0.1, 0.15) is 35.1 Å². The lowest BCUT2D eigenvalue weighted by Gasteiger charge is -2.39. The van der Waals surface area contributed by atoms with Crippen molar-refractivity contribution in [3.05, 3.63) is 63.1 Å². The molecule has 30 heavy (non-hydrogen) atoms. The van der Waals surface area contributed by atoms with Gasteiger partial charge in [0, 0.05) is 30.4 Å². The van der Waals surface area contributed by atoms with Gasteiger partial charge in [-0.05, 0) is 62.4 Å². The molecule has 0 saturated carbocycles. The Kier molecular flexibility index (Phi) is 6.98. The molecule has 5 nitrogen and oxygen atoms in total. The number of hydrogen-bond donors (Lipinski definition) is 1.